The van der Waals surface area contributed by atoms with Gasteiger partial charge in [-0.3, -0.25) is 24.4 Å². The van der Waals surface area contributed by atoms with E-state index in [1.807, 2.05) is 6.92 Å². The van der Waals surface area contributed by atoms with Gasteiger partial charge in [0.05, 0.1) is 26.1 Å². The minimum absolute atomic E-state index is 0.0653. The van der Waals surface area contributed by atoms with Gasteiger partial charge in [-0.05, 0) is 49.4 Å². The van der Waals surface area contributed by atoms with E-state index in [1.165, 1.54) is 0 Å². The topological polar surface area (TPSA) is 116 Å². The summed E-state index contributed by atoms with van der Waals surface area (Å²) in [6.45, 7) is 9.14. The number of nitrogens with one attached hydrogen (secondary N) is 1. The summed E-state index contributed by atoms with van der Waals surface area (Å²) >= 11 is 0. The number of amides is 3. The molecule has 2 rings (SSSR count). The molecule has 1 aliphatic heterocycles. The van der Waals surface area contributed by atoms with E-state index in [1.54, 1.807) is 36.3 Å². The van der Waals surface area contributed by atoms with Gasteiger partial charge in [0, 0.05) is 24.6 Å². The predicted molar refractivity (Wildman–Crippen MR) is 138 cm³/mol. The highest BCUT2D eigenvalue weighted by molar-refractivity contribution is 5.98. The zero-order chi connectivity index (χ0) is 27.1. The highest BCUT2D eigenvalue weighted by Crippen LogP contribution is 2.23. The van der Waals surface area contributed by atoms with Gasteiger partial charge < -0.3 is 15.0 Å². The number of benzene rings is 1. The Labute approximate surface area is 215 Å². The van der Waals surface area contributed by atoms with E-state index in [4.69, 9.17) is 4.74 Å². The number of nitrogens with zero attached hydrogens (tertiary/aromatic N) is 2. The Hall–Kier alpha value is -2.94. The average Bonchev–Trinajstić information content (AvgIpc) is 2.88. The first-order valence-corrected chi connectivity index (χ1v) is 12.8. The van der Waals surface area contributed by atoms with E-state index in [-0.39, 0.29) is 43.0 Å². The van der Waals surface area contributed by atoms with Crippen LogP contribution in [0.15, 0.2) is 24.3 Å². The monoisotopic (exact) mass is 505 g/mol. The molecule has 1 aromatic rings. The number of hydroxylamine groups is 2. The Kier molecular flexibility index (Phi) is 14.4. The van der Waals surface area contributed by atoms with Crippen LogP contribution in [-0.4, -0.2) is 72.5 Å². The lowest BCUT2D eigenvalue weighted by Gasteiger charge is -2.31. The molecule has 1 atom stereocenters. The van der Waals surface area contributed by atoms with Crippen molar-refractivity contribution >= 4 is 24.0 Å². The average molecular weight is 506 g/mol. The minimum atomic E-state index is -0.578. The van der Waals surface area contributed by atoms with Gasteiger partial charge in [0.25, 0.3) is 0 Å². The number of methoxy groups -OCH3 is 1. The predicted octanol–water partition coefficient (Wildman–Crippen LogP) is 3.55. The Balaban J connectivity index is 0.00000150. The van der Waals surface area contributed by atoms with Crippen molar-refractivity contribution in [2.45, 2.75) is 59.8 Å². The maximum absolute atomic E-state index is 12.7. The van der Waals surface area contributed by atoms with E-state index in [0.717, 1.165) is 18.8 Å². The maximum Gasteiger partial charge on any atom is 0.241 e. The summed E-state index contributed by atoms with van der Waals surface area (Å²) in [5.74, 6) is 0.302. The molecule has 9 nitrogen and oxygen atoms in total. The summed E-state index contributed by atoms with van der Waals surface area (Å²) < 4.78 is 5.12. The Morgan fingerprint density at radius 3 is 2.25 bits per heavy atom. The molecule has 0 saturated carbocycles. The van der Waals surface area contributed by atoms with Crippen LogP contribution in [-0.2, 0) is 14.4 Å². The summed E-state index contributed by atoms with van der Waals surface area (Å²) in [5.41, 5.74) is 0.634. The second-order valence-electron chi connectivity index (χ2n) is 9.76. The molecule has 9 heteroatoms. The van der Waals surface area contributed by atoms with Gasteiger partial charge in [0.15, 0.2) is 5.78 Å². The number of carbonyl (C=O) groups excluding carboxylic acids is 4. The van der Waals surface area contributed by atoms with Gasteiger partial charge in [-0.25, -0.2) is 5.06 Å². The quantitative estimate of drug-likeness (QED) is 0.194. The van der Waals surface area contributed by atoms with E-state index in [2.05, 4.69) is 26.1 Å². The molecule has 1 saturated heterocycles. The van der Waals surface area contributed by atoms with Crippen molar-refractivity contribution in [2.24, 2.45) is 17.8 Å². The summed E-state index contributed by atoms with van der Waals surface area (Å²) in [6, 6.07) is 7.02. The van der Waals surface area contributed by atoms with Gasteiger partial charge in [0.2, 0.25) is 18.2 Å². The van der Waals surface area contributed by atoms with Crippen molar-refractivity contribution in [1.29, 1.82) is 0 Å². The summed E-state index contributed by atoms with van der Waals surface area (Å²) in [7, 11) is 1.57. The minimum Gasteiger partial charge on any atom is -0.497 e. The van der Waals surface area contributed by atoms with Crippen LogP contribution in [0, 0.1) is 17.8 Å². The van der Waals surface area contributed by atoms with Crippen LogP contribution in [0.4, 0.5) is 0 Å². The molecular formula is C27H43N3O6. The van der Waals surface area contributed by atoms with Crippen LogP contribution in [0.3, 0.4) is 0 Å². The standard InChI is InChI=1S/C23H33N3O6.C4H10/c1-3-4-5-19(15-26(31)16-27)23(30)24-14-21(28)25-12-10-18(11-13-25)22(29)17-6-8-20(32-2)9-7-17;1-4(2)3/h6-9,16,18-19,31H,3-5,10-15H2,1-2H3,(H,24,30);4H,1-3H3. The first-order chi connectivity index (χ1) is 17.1. The van der Waals surface area contributed by atoms with E-state index in [9.17, 15) is 24.4 Å². The summed E-state index contributed by atoms with van der Waals surface area (Å²) in [4.78, 5) is 50.0. The smallest absolute Gasteiger partial charge is 0.241 e. The third kappa shape index (κ3) is 11.2. The molecule has 0 aliphatic carbocycles. The Morgan fingerprint density at radius 1 is 1.17 bits per heavy atom. The zero-order valence-corrected chi connectivity index (χ0v) is 22.4. The molecule has 1 aliphatic rings. The molecule has 36 heavy (non-hydrogen) atoms. The van der Waals surface area contributed by atoms with Gasteiger partial charge in [0.1, 0.15) is 5.75 Å². The molecule has 3 amide bonds. The molecule has 1 heterocycles. The zero-order valence-electron chi connectivity index (χ0n) is 22.4. The van der Waals surface area contributed by atoms with Crippen LogP contribution in [0.2, 0.25) is 0 Å². The van der Waals surface area contributed by atoms with Crippen LogP contribution < -0.4 is 10.1 Å². The van der Waals surface area contributed by atoms with Crippen molar-refractivity contribution in [1.82, 2.24) is 15.3 Å². The van der Waals surface area contributed by atoms with Gasteiger partial charge in [-0.2, -0.15) is 0 Å². The van der Waals surface area contributed by atoms with Gasteiger partial charge >= 0.3 is 0 Å². The number of hydrogen-bond donors (Lipinski definition) is 2. The van der Waals surface area contributed by atoms with Gasteiger partial charge in [-0.1, -0.05) is 40.5 Å². The number of hydrogen-bond acceptors (Lipinski definition) is 6. The molecule has 1 fully saturated rings. The fraction of sp³-hybridized carbons (Fsp3) is 0.630. The third-order valence-corrected chi connectivity index (χ3v) is 5.81. The van der Waals surface area contributed by atoms with Gasteiger partial charge in [-0.15, -0.1) is 0 Å². The number of likely N-dealkylation sites (tertiary alicyclic amines) is 1. The van der Waals surface area contributed by atoms with Crippen molar-refractivity contribution in [3.05, 3.63) is 29.8 Å². The first kappa shape index (κ1) is 31.1. The molecule has 2 N–H and O–H groups in total. The van der Waals surface area contributed by atoms with Crippen LogP contribution in [0.5, 0.6) is 5.75 Å². The second-order valence-corrected chi connectivity index (χ2v) is 9.76. The number of ether oxygens (including phenoxy) is 1. The van der Waals surface area contributed by atoms with Crippen molar-refractivity contribution in [3.63, 3.8) is 0 Å². The number of Topliss-reactive ketones (excluding diaryl/α,β-unsaturated/α-hetero) is 1. The third-order valence-electron chi connectivity index (χ3n) is 5.81. The van der Waals surface area contributed by atoms with E-state index in [0.29, 0.717) is 48.7 Å². The van der Waals surface area contributed by atoms with E-state index >= 15 is 0 Å². The molecule has 0 bridgehead atoms. The number of carbonyl (C=O) groups is 4. The summed E-state index contributed by atoms with van der Waals surface area (Å²) in [5, 5.41) is 12.5. The van der Waals surface area contributed by atoms with E-state index < -0.39 is 5.92 Å². The first-order valence-electron chi connectivity index (χ1n) is 12.8. The fourth-order valence-electron chi connectivity index (χ4n) is 3.83. The number of rotatable bonds is 12. The maximum atomic E-state index is 12.7. The van der Waals surface area contributed by atoms with Crippen LogP contribution >= 0.6 is 0 Å². The number of ketones is 1. The molecular weight excluding hydrogens is 462 g/mol. The number of piperidine rings is 1. The normalized spacial score (nSPS) is 14.4. The summed E-state index contributed by atoms with van der Waals surface area (Å²) in [6.07, 6.45) is 3.56. The van der Waals surface area contributed by atoms with Crippen LogP contribution in [0.1, 0.15) is 70.2 Å². The molecule has 1 unspecified atom stereocenters. The lowest BCUT2D eigenvalue weighted by molar-refractivity contribution is -0.155. The lowest BCUT2D eigenvalue weighted by Crippen LogP contribution is -2.46. The largest absolute Gasteiger partial charge is 0.497 e. The highest BCUT2D eigenvalue weighted by atomic mass is 16.5. The van der Waals surface area contributed by atoms with Crippen molar-refractivity contribution < 1.29 is 29.1 Å². The molecule has 1 aromatic carbocycles. The molecule has 0 aromatic heterocycles. The Bertz CT molecular complexity index is 817. The highest BCUT2D eigenvalue weighted by Gasteiger charge is 2.28. The van der Waals surface area contributed by atoms with Crippen molar-refractivity contribution in [3.8, 4) is 5.75 Å². The fourth-order valence-corrected chi connectivity index (χ4v) is 3.83. The number of unbranched alkanes of at least 4 members (excludes halogenated alkanes) is 1. The van der Waals surface area contributed by atoms with Crippen LogP contribution in [0.25, 0.3) is 0 Å². The Morgan fingerprint density at radius 2 is 1.75 bits per heavy atom. The SMILES string of the molecule is CC(C)C.CCCCC(CN(O)C=O)C(=O)NCC(=O)N1CCC(C(=O)c2ccc(OC)cc2)CC1. The second kappa shape index (κ2) is 16.7. The van der Waals surface area contributed by atoms with Crippen molar-refractivity contribution in [2.75, 3.05) is 33.3 Å². The lowest BCUT2D eigenvalue weighted by atomic mass is 9.89. The molecule has 202 valence electrons. The molecule has 0 spiro atoms. The molecule has 0 radical (unpaired) electrons.